The highest BCUT2D eigenvalue weighted by Gasteiger charge is 2.24. The quantitative estimate of drug-likeness (QED) is 0.562. The molecule has 1 aromatic heterocycles. The van der Waals surface area contributed by atoms with Crippen molar-refractivity contribution in [3.05, 3.63) is 35.7 Å². The molecule has 9 nitrogen and oxygen atoms in total. The minimum absolute atomic E-state index is 0.00949. The topological polar surface area (TPSA) is 136 Å². The van der Waals surface area contributed by atoms with E-state index in [9.17, 15) is 13.2 Å². The van der Waals surface area contributed by atoms with Crippen LogP contribution in [0.5, 0.6) is 0 Å². The molecule has 31 heavy (non-hydrogen) atoms. The fourth-order valence-corrected chi connectivity index (χ4v) is 4.34. The van der Waals surface area contributed by atoms with E-state index in [1.54, 1.807) is 19.2 Å². The second-order valence-corrected chi connectivity index (χ2v) is 9.73. The number of sulfone groups is 1. The number of anilines is 3. The molecule has 1 heterocycles. The maximum Gasteiger partial charge on any atom is 0.271 e. The van der Waals surface area contributed by atoms with Crippen LogP contribution in [-0.4, -0.2) is 49.8 Å². The first-order valence-corrected chi connectivity index (χ1v) is 12.2. The summed E-state index contributed by atoms with van der Waals surface area (Å²) in [5, 5.41) is 6.47. The molecule has 1 saturated carbocycles. The lowest BCUT2D eigenvalue weighted by molar-refractivity contribution is 0.0681. The number of carbonyl (C=O) groups excluding carboxylic acids is 1. The zero-order valence-electron chi connectivity index (χ0n) is 18.0. The highest BCUT2D eigenvalue weighted by molar-refractivity contribution is 7.90. The number of ether oxygens (including phenoxy) is 1. The van der Waals surface area contributed by atoms with Gasteiger partial charge >= 0.3 is 0 Å². The number of aromatic nitrogens is 2. The SMILES string of the molecule is CCc1nc(C(N)=O)c(Nc2cccc(S(C)(=O)=O)c2)nc1N[C@H]1CC[C@H](OC)CC1. The number of hydrogen-bond donors (Lipinski definition) is 3. The number of nitrogens with zero attached hydrogens (tertiary/aromatic N) is 2. The number of nitrogens with one attached hydrogen (secondary N) is 2. The fraction of sp³-hybridized carbons (Fsp3) is 0.476. The van der Waals surface area contributed by atoms with Crippen molar-refractivity contribution in [1.29, 1.82) is 0 Å². The van der Waals surface area contributed by atoms with Crippen LogP contribution in [0.1, 0.15) is 48.8 Å². The van der Waals surface area contributed by atoms with Gasteiger partial charge < -0.3 is 21.1 Å². The zero-order chi connectivity index (χ0) is 22.6. The minimum Gasteiger partial charge on any atom is -0.381 e. The smallest absolute Gasteiger partial charge is 0.271 e. The van der Waals surface area contributed by atoms with Crippen molar-refractivity contribution >= 4 is 33.1 Å². The summed E-state index contributed by atoms with van der Waals surface area (Å²) in [5.74, 6) is 0.0645. The van der Waals surface area contributed by atoms with Crippen molar-refractivity contribution in [2.45, 2.75) is 56.1 Å². The second kappa shape index (κ2) is 9.61. The molecule has 1 aliphatic rings. The lowest BCUT2D eigenvalue weighted by Crippen LogP contribution is -2.30. The van der Waals surface area contributed by atoms with Gasteiger partial charge in [0.25, 0.3) is 5.91 Å². The van der Waals surface area contributed by atoms with Gasteiger partial charge in [0.2, 0.25) is 0 Å². The van der Waals surface area contributed by atoms with Gasteiger partial charge in [0.1, 0.15) is 5.82 Å². The van der Waals surface area contributed by atoms with Crippen LogP contribution in [0.3, 0.4) is 0 Å². The molecule has 168 valence electrons. The van der Waals surface area contributed by atoms with E-state index in [1.807, 2.05) is 6.92 Å². The number of nitrogens with two attached hydrogens (primary N) is 1. The monoisotopic (exact) mass is 447 g/mol. The van der Waals surface area contributed by atoms with Crippen LogP contribution in [0.15, 0.2) is 29.2 Å². The summed E-state index contributed by atoms with van der Waals surface area (Å²) in [5.41, 5.74) is 6.67. The van der Waals surface area contributed by atoms with Gasteiger partial charge in [-0.25, -0.2) is 18.4 Å². The molecule has 0 saturated heterocycles. The lowest BCUT2D eigenvalue weighted by Gasteiger charge is -2.29. The van der Waals surface area contributed by atoms with E-state index in [0.717, 1.165) is 31.9 Å². The Morgan fingerprint density at radius 2 is 1.90 bits per heavy atom. The molecule has 4 N–H and O–H groups in total. The van der Waals surface area contributed by atoms with Gasteiger partial charge in [-0.15, -0.1) is 0 Å². The normalized spacial score (nSPS) is 19.1. The van der Waals surface area contributed by atoms with Crippen LogP contribution in [0.2, 0.25) is 0 Å². The van der Waals surface area contributed by atoms with Crippen molar-refractivity contribution in [1.82, 2.24) is 9.97 Å². The largest absolute Gasteiger partial charge is 0.381 e. The Balaban J connectivity index is 1.92. The fourth-order valence-electron chi connectivity index (χ4n) is 3.67. The molecule has 0 spiro atoms. The molecule has 0 radical (unpaired) electrons. The first kappa shape index (κ1) is 23.0. The molecule has 1 aliphatic carbocycles. The molecule has 0 atom stereocenters. The summed E-state index contributed by atoms with van der Waals surface area (Å²) in [6.45, 7) is 1.93. The van der Waals surface area contributed by atoms with Crippen LogP contribution in [0.25, 0.3) is 0 Å². The summed E-state index contributed by atoms with van der Waals surface area (Å²) in [6.07, 6.45) is 5.81. The molecule has 2 aromatic rings. The third-order valence-electron chi connectivity index (χ3n) is 5.41. The first-order chi connectivity index (χ1) is 14.7. The Bertz CT molecular complexity index is 1050. The maximum atomic E-state index is 12.0. The van der Waals surface area contributed by atoms with E-state index in [1.165, 1.54) is 12.1 Å². The van der Waals surface area contributed by atoms with Crippen LogP contribution in [-0.2, 0) is 21.0 Å². The third-order valence-corrected chi connectivity index (χ3v) is 6.52. The van der Waals surface area contributed by atoms with Crippen molar-refractivity contribution in [2.75, 3.05) is 24.0 Å². The Morgan fingerprint density at radius 3 is 2.48 bits per heavy atom. The van der Waals surface area contributed by atoms with E-state index >= 15 is 0 Å². The molecule has 10 heteroatoms. The van der Waals surface area contributed by atoms with E-state index in [-0.39, 0.29) is 28.6 Å². The Morgan fingerprint density at radius 1 is 1.19 bits per heavy atom. The predicted octanol–water partition coefficient (Wildman–Crippen LogP) is 2.65. The summed E-state index contributed by atoms with van der Waals surface area (Å²) in [6, 6.07) is 6.52. The number of amides is 1. The van der Waals surface area contributed by atoms with E-state index < -0.39 is 15.7 Å². The van der Waals surface area contributed by atoms with E-state index in [0.29, 0.717) is 23.6 Å². The second-order valence-electron chi connectivity index (χ2n) is 7.71. The standard InChI is InChI=1S/C21H29N5O4S/c1-4-17-20(23-13-8-10-15(30-2)11-9-13)26-21(18(25-17)19(22)27)24-14-6-5-7-16(12-14)31(3,28)29/h5-7,12-13,15H,4,8-11H2,1-3H3,(H2,22,27)(H2,23,24,26)/t13-,15-. The lowest BCUT2D eigenvalue weighted by atomic mass is 9.93. The molecule has 0 aliphatic heterocycles. The number of benzene rings is 1. The molecular weight excluding hydrogens is 418 g/mol. The van der Waals surface area contributed by atoms with Gasteiger partial charge in [-0.2, -0.15) is 0 Å². The maximum absolute atomic E-state index is 12.0. The molecule has 1 aromatic carbocycles. The van der Waals surface area contributed by atoms with Crippen LogP contribution >= 0.6 is 0 Å². The summed E-state index contributed by atoms with van der Waals surface area (Å²) >= 11 is 0. The number of aryl methyl sites for hydroxylation is 1. The number of methoxy groups -OCH3 is 1. The Labute approximate surface area is 182 Å². The van der Waals surface area contributed by atoms with Gasteiger partial charge in [0.05, 0.1) is 16.7 Å². The average Bonchev–Trinajstić information content (AvgIpc) is 2.74. The molecule has 1 amide bonds. The van der Waals surface area contributed by atoms with Crippen molar-refractivity contribution in [3.8, 4) is 0 Å². The minimum atomic E-state index is -3.38. The third kappa shape index (κ3) is 5.71. The first-order valence-electron chi connectivity index (χ1n) is 10.3. The van der Waals surface area contributed by atoms with Crippen LogP contribution in [0, 0.1) is 0 Å². The van der Waals surface area contributed by atoms with E-state index in [2.05, 4.69) is 20.6 Å². The number of carbonyl (C=O) groups is 1. The van der Waals surface area contributed by atoms with Crippen LogP contribution < -0.4 is 16.4 Å². The van der Waals surface area contributed by atoms with E-state index in [4.69, 9.17) is 10.5 Å². The Kier molecular flexibility index (Phi) is 7.11. The van der Waals surface area contributed by atoms with Gasteiger partial charge in [0.15, 0.2) is 21.3 Å². The predicted molar refractivity (Wildman–Crippen MR) is 119 cm³/mol. The molecule has 3 rings (SSSR count). The highest BCUT2D eigenvalue weighted by atomic mass is 32.2. The summed E-state index contributed by atoms with van der Waals surface area (Å²) in [4.78, 5) is 21.3. The Hall–Kier alpha value is -2.72. The number of rotatable bonds is 8. The highest BCUT2D eigenvalue weighted by Crippen LogP contribution is 2.27. The van der Waals surface area contributed by atoms with Gasteiger partial charge in [-0.3, -0.25) is 4.79 Å². The number of hydrogen-bond acceptors (Lipinski definition) is 8. The summed E-state index contributed by atoms with van der Waals surface area (Å²) < 4.78 is 29.2. The van der Waals surface area contributed by atoms with Gasteiger partial charge in [-0.1, -0.05) is 13.0 Å². The van der Waals surface area contributed by atoms with Gasteiger partial charge in [-0.05, 0) is 50.3 Å². The van der Waals surface area contributed by atoms with Crippen molar-refractivity contribution < 1.29 is 17.9 Å². The average molecular weight is 448 g/mol. The molecule has 0 unspecified atom stereocenters. The van der Waals surface area contributed by atoms with Crippen LogP contribution in [0.4, 0.5) is 17.3 Å². The zero-order valence-corrected chi connectivity index (χ0v) is 18.8. The molecule has 1 fully saturated rings. The van der Waals surface area contributed by atoms with Crippen molar-refractivity contribution in [2.24, 2.45) is 5.73 Å². The van der Waals surface area contributed by atoms with Gasteiger partial charge in [0, 0.05) is 25.1 Å². The number of primary amides is 1. The van der Waals surface area contributed by atoms with Crippen molar-refractivity contribution in [3.63, 3.8) is 0 Å². The summed E-state index contributed by atoms with van der Waals surface area (Å²) in [7, 11) is -1.64. The molecule has 0 bridgehead atoms. The molecular formula is C21H29N5O4S.